The third-order valence-corrected chi connectivity index (χ3v) is 2.95. The van der Waals surface area contributed by atoms with E-state index in [2.05, 4.69) is 46.6 Å². The first kappa shape index (κ1) is 11.8. The minimum absolute atomic E-state index is 0.364. The number of hydrogen-bond acceptors (Lipinski definition) is 3. The molecule has 1 N–H and O–H groups in total. The predicted octanol–water partition coefficient (Wildman–Crippen LogP) is 2.16. The van der Waals surface area contributed by atoms with Crippen molar-refractivity contribution < 1.29 is 0 Å². The molecule has 1 aromatic carbocycles. The minimum Gasteiger partial charge on any atom is -0.313 e. The van der Waals surface area contributed by atoms with Crippen molar-refractivity contribution in [2.75, 3.05) is 7.05 Å². The maximum Gasteiger partial charge on any atom is 0.148 e. The van der Waals surface area contributed by atoms with Gasteiger partial charge >= 0.3 is 0 Å². The molecular weight excluding hydrogens is 212 g/mol. The van der Waals surface area contributed by atoms with Gasteiger partial charge in [0.15, 0.2) is 0 Å². The van der Waals surface area contributed by atoms with Gasteiger partial charge in [-0.1, -0.05) is 12.1 Å². The summed E-state index contributed by atoms with van der Waals surface area (Å²) in [5.74, 6) is 1.71. The van der Waals surface area contributed by atoms with Crippen LogP contribution in [0.5, 0.6) is 0 Å². The summed E-state index contributed by atoms with van der Waals surface area (Å²) in [7, 11) is 1.96. The molecule has 90 valence electrons. The first-order valence-electron chi connectivity index (χ1n) is 5.79. The Morgan fingerprint density at radius 2 is 1.82 bits per heavy atom. The van der Waals surface area contributed by atoms with E-state index in [9.17, 15) is 0 Å². The van der Waals surface area contributed by atoms with Gasteiger partial charge in [0.2, 0.25) is 0 Å². The molecule has 0 aliphatic heterocycles. The normalized spacial score (nSPS) is 12.7. The SMILES string of the molecule is CNC(C)c1ccc(-n2nc(C)nc2C)cc1. The predicted molar refractivity (Wildman–Crippen MR) is 68.3 cm³/mol. The maximum atomic E-state index is 4.37. The molecule has 0 aliphatic rings. The van der Waals surface area contributed by atoms with Crippen LogP contribution < -0.4 is 5.32 Å². The highest BCUT2D eigenvalue weighted by Crippen LogP contribution is 2.15. The topological polar surface area (TPSA) is 42.7 Å². The molecule has 0 saturated heterocycles. The lowest BCUT2D eigenvalue weighted by atomic mass is 10.1. The third-order valence-electron chi connectivity index (χ3n) is 2.95. The van der Waals surface area contributed by atoms with Crippen molar-refractivity contribution in [2.45, 2.75) is 26.8 Å². The molecule has 0 amide bonds. The van der Waals surface area contributed by atoms with Crippen LogP contribution in [0.3, 0.4) is 0 Å². The summed E-state index contributed by atoms with van der Waals surface area (Å²) in [5.41, 5.74) is 2.32. The van der Waals surface area contributed by atoms with Gasteiger partial charge in [-0.2, -0.15) is 5.10 Å². The molecule has 1 aromatic heterocycles. The van der Waals surface area contributed by atoms with E-state index < -0.39 is 0 Å². The number of aromatic nitrogens is 3. The van der Waals surface area contributed by atoms with E-state index in [0.29, 0.717) is 6.04 Å². The highest BCUT2D eigenvalue weighted by Gasteiger charge is 2.06. The zero-order valence-electron chi connectivity index (χ0n) is 10.7. The van der Waals surface area contributed by atoms with Crippen LogP contribution in [0.15, 0.2) is 24.3 Å². The number of benzene rings is 1. The molecular formula is C13H18N4. The molecule has 1 atom stereocenters. The Morgan fingerprint density at radius 3 is 2.29 bits per heavy atom. The second-order valence-electron chi connectivity index (χ2n) is 4.22. The third kappa shape index (κ3) is 2.36. The Balaban J connectivity index is 2.32. The Bertz CT molecular complexity index is 499. The van der Waals surface area contributed by atoms with Crippen LogP contribution in [-0.2, 0) is 0 Å². The minimum atomic E-state index is 0.364. The second-order valence-corrected chi connectivity index (χ2v) is 4.22. The average molecular weight is 230 g/mol. The lowest BCUT2D eigenvalue weighted by Crippen LogP contribution is -2.12. The van der Waals surface area contributed by atoms with Crippen LogP contribution >= 0.6 is 0 Å². The van der Waals surface area contributed by atoms with Gasteiger partial charge in [-0.05, 0) is 45.5 Å². The first-order valence-corrected chi connectivity index (χ1v) is 5.79. The smallest absolute Gasteiger partial charge is 0.148 e. The standard InChI is InChI=1S/C13H18N4/c1-9(14-4)12-5-7-13(8-6-12)17-11(3)15-10(2)16-17/h5-9,14H,1-4H3. The fraction of sp³-hybridized carbons (Fsp3) is 0.385. The van der Waals surface area contributed by atoms with Crippen LogP contribution in [0.25, 0.3) is 5.69 Å². The van der Waals surface area contributed by atoms with Crippen LogP contribution in [0.1, 0.15) is 30.2 Å². The molecule has 4 nitrogen and oxygen atoms in total. The molecule has 0 bridgehead atoms. The molecule has 2 rings (SSSR count). The summed E-state index contributed by atoms with van der Waals surface area (Å²) in [6.45, 7) is 6.00. The van der Waals surface area contributed by atoms with Crippen molar-refractivity contribution in [2.24, 2.45) is 0 Å². The van der Waals surface area contributed by atoms with Crippen LogP contribution in [-0.4, -0.2) is 21.8 Å². The van der Waals surface area contributed by atoms with Crippen LogP contribution in [0.4, 0.5) is 0 Å². The van der Waals surface area contributed by atoms with Crippen molar-refractivity contribution in [1.82, 2.24) is 20.1 Å². The molecule has 17 heavy (non-hydrogen) atoms. The van der Waals surface area contributed by atoms with Gasteiger partial charge in [-0.3, -0.25) is 0 Å². The molecule has 0 radical (unpaired) electrons. The summed E-state index contributed by atoms with van der Waals surface area (Å²) in [5, 5.41) is 7.59. The van der Waals surface area contributed by atoms with Crippen LogP contribution in [0, 0.1) is 13.8 Å². The van der Waals surface area contributed by atoms with E-state index in [4.69, 9.17) is 0 Å². The number of hydrogen-bond donors (Lipinski definition) is 1. The highest BCUT2D eigenvalue weighted by atomic mass is 15.3. The monoisotopic (exact) mass is 230 g/mol. The largest absolute Gasteiger partial charge is 0.313 e. The number of rotatable bonds is 3. The van der Waals surface area contributed by atoms with E-state index in [1.54, 1.807) is 0 Å². The summed E-state index contributed by atoms with van der Waals surface area (Å²) in [6.07, 6.45) is 0. The zero-order valence-corrected chi connectivity index (χ0v) is 10.7. The molecule has 4 heteroatoms. The Kier molecular flexibility index (Phi) is 3.24. The number of aryl methyl sites for hydroxylation is 2. The second kappa shape index (κ2) is 4.67. The Labute approximate surface area is 102 Å². The number of nitrogens with one attached hydrogen (secondary N) is 1. The van der Waals surface area contributed by atoms with E-state index >= 15 is 0 Å². The van der Waals surface area contributed by atoms with Gasteiger partial charge < -0.3 is 5.32 Å². The lowest BCUT2D eigenvalue weighted by Gasteiger charge is -2.11. The van der Waals surface area contributed by atoms with Gasteiger partial charge in [0.25, 0.3) is 0 Å². The van der Waals surface area contributed by atoms with Crippen molar-refractivity contribution >= 4 is 0 Å². The molecule has 0 spiro atoms. The molecule has 0 aliphatic carbocycles. The zero-order chi connectivity index (χ0) is 12.4. The van der Waals surface area contributed by atoms with Crippen molar-refractivity contribution in [3.05, 3.63) is 41.5 Å². The Morgan fingerprint density at radius 1 is 1.18 bits per heavy atom. The Hall–Kier alpha value is -1.68. The highest BCUT2D eigenvalue weighted by molar-refractivity contribution is 5.35. The average Bonchev–Trinajstić information content (AvgIpc) is 2.68. The summed E-state index contributed by atoms with van der Waals surface area (Å²) < 4.78 is 1.86. The van der Waals surface area contributed by atoms with E-state index in [-0.39, 0.29) is 0 Å². The molecule has 0 saturated carbocycles. The molecule has 1 heterocycles. The molecule has 2 aromatic rings. The van der Waals surface area contributed by atoms with Crippen molar-refractivity contribution in [3.63, 3.8) is 0 Å². The fourth-order valence-corrected chi connectivity index (χ4v) is 1.84. The quantitative estimate of drug-likeness (QED) is 0.878. The van der Waals surface area contributed by atoms with Crippen molar-refractivity contribution in [1.29, 1.82) is 0 Å². The summed E-state index contributed by atoms with van der Waals surface area (Å²) >= 11 is 0. The van der Waals surface area contributed by atoms with Crippen LogP contribution in [0.2, 0.25) is 0 Å². The van der Waals surface area contributed by atoms with Gasteiger partial charge in [0.1, 0.15) is 11.6 Å². The molecule has 0 fully saturated rings. The van der Waals surface area contributed by atoms with E-state index in [1.165, 1.54) is 5.56 Å². The van der Waals surface area contributed by atoms with E-state index in [1.807, 2.05) is 25.6 Å². The fourth-order valence-electron chi connectivity index (χ4n) is 1.84. The molecule has 1 unspecified atom stereocenters. The summed E-state index contributed by atoms with van der Waals surface area (Å²) in [6, 6.07) is 8.75. The van der Waals surface area contributed by atoms with Gasteiger partial charge in [-0.15, -0.1) is 0 Å². The van der Waals surface area contributed by atoms with Gasteiger partial charge in [0.05, 0.1) is 5.69 Å². The van der Waals surface area contributed by atoms with Gasteiger partial charge in [0, 0.05) is 6.04 Å². The van der Waals surface area contributed by atoms with Gasteiger partial charge in [-0.25, -0.2) is 9.67 Å². The first-order chi connectivity index (χ1) is 8.11. The number of nitrogens with zero attached hydrogens (tertiary/aromatic N) is 3. The summed E-state index contributed by atoms with van der Waals surface area (Å²) in [4.78, 5) is 4.30. The lowest BCUT2D eigenvalue weighted by molar-refractivity contribution is 0.652. The maximum absolute atomic E-state index is 4.37. The van der Waals surface area contributed by atoms with E-state index in [0.717, 1.165) is 17.3 Å². The van der Waals surface area contributed by atoms with Crippen molar-refractivity contribution in [3.8, 4) is 5.69 Å².